The van der Waals surface area contributed by atoms with E-state index in [-0.39, 0.29) is 17.9 Å². The van der Waals surface area contributed by atoms with E-state index in [1.165, 1.54) is 19.5 Å². The van der Waals surface area contributed by atoms with Gasteiger partial charge in [-0.15, -0.1) is 0 Å². The fraction of sp³-hybridized carbons (Fsp3) is 0.462. The van der Waals surface area contributed by atoms with Crippen molar-refractivity contribution < 1.29 is 19.4 Å². The molecular weight excluding hydrogens is 248 g/mol. The Labute approximate surface area is 110 Å². The molecule has 6 heteroatoms. The lowest BCUT2D eigenvalue weighted by atomic mass is 10.1. The maximum absolute atomic E-state index is 12.1. The quantitative estimate of drug-likeness (QED) is 0.849. The SMILES string of the molecule is COc1cnccc1C(=O)N[C@H]1CC[C@@H](C(=O)O)C1. The molecule has 0 aliphatic heterocycles. The minimum Gasteiger partial charge on any atom is -0.494 e. The second-order valence-corrected chi connectivity index (χ2v) is 4.59. The molecular formula is C13H16N2O4. The second-order valence-electron chi connectivity index (χ2n) is 4.59. The summed E-state index contributed by atoms with van der Waals surface area (Å²) in [4.78, 5) is 26.8. The Morgan fingerprint density at radius 2 is 2.26 bits per heavy atom. The highest BCUT2D eigenvalue weighted by Gasteiger charge is 2.31. The van der Waals surface area contributed by atoms with Crippen LogP contribution in [0.3, 0.4) is 0 Å². The highest BCUT2D eigenvalue weighted by molar-refractivity contribution is 5.96. The van der Waals surface area contributed by atoms with Gasteiger partial charge < -0.3 is 15.2 Å². The molecule has 1 heterocycles. The molecule has 1 aliphatic carbocycles. The van der Waals surface area contributed by atoms with Crippen molar-refractivity contribution in [1.82, 2.24) is 10.3 Å². The molecule has 1 aliphatic rings. The summed E-state index contributed by atoms with van der Waals surface area (Å²) in [5, 5.41) is 11.8. The lowest BCUT2D eigenvalue weighted by molar-refractivity contribution is -0.141. The minimum atomic E-state index is -0.793. The second kappa shape index (κ2) is 5.69. The van der Waals surface area contributed by atoms with Gasteiger partial charge in [0.05, 0.1) is 24.8 Å². The van der Waals surface area contributed by atoms with E-state index in [2.05, 4.69) is 10.3 Å². The number of nitrogens with one attached hydrogen (secondary N) is 1. The number of amides is 1. The molecule has 2 atom stereocenters. The molecule has 2 rings (SSSR count). The number of carboxylic acid groups (broad SMARTS) is 1. The molecule has 1 saturated carbocycles. The van der Waals surface area contributed by atoms with Crippen LogP contribution in [0.15, 0.2) is 18.5 Å². The molecule has 0 saturated heterocycles. The van der Waals surface area contributed by atoms with Gasteiger partial charge in [-0.05, 0) is 25.3 Å². The predicted molar refractivity (Wildman–Crippen MR) is 67.0 cm³/mol. The van der Waals surface area contributed by atoms with Crippen LogP contribution in [0.1, 0.15) is 29.6 Å². The van der Waals surface area contributed by atoms with Crippen LogP contribution >= 0.6 is 0 Å². The summed E-state index contributed by atoms with van der Waals surface area (Å²) in [6.07, 6.45) is 4.77. The molecule has 102 valence electrons. The van der Waals surface area contributed by atoms with Crippen molar-refractivity contribution in [2.45, 2.75) is 25.3 Å². The lowest BCUT2D eigenvalue weighted by Crippen LogP contribution is -2.33. The molecule has 0 radical (unpaired) electrons. The smallest absolute Gasteiger partial charge is 0.306 e. The number of carbonyl (C=O) groups excluding carboxylic acids is 1. The number of carbonyl (C=O) groups is 2. The van der Waals surface area contributed by atoms with Gasteiger partial charge in [0.25, 0.3) is 5.91 Å². The Bertz CT molecular complexity index is 489. The molecule has 0 unspecified atom stereocenters. The number of methoxy groups -OCH3 is 1. The van der Waals surface area contributed by atoms with Crippen LogP contribution in [0.5, 0.6) is 5.75 Å². The number of ether oxygens (including phenoxy) is 1. The topological polar surface area (TPSA) is 88.5 Å². The van der Waals surface area contributed by atoms with Crippen molar-refractivity contribution in [2.24, 2.45) is 5.92 Å². The molecule has 0 aromatic carbocycles. The van der Waals surface area contributed by atoms with Crippen molar-refractivity contribution in [3.63, 3.8) is 0 Å². The van der Waals surface area contributed by atoms with Crippen molar-refractivity contribution in [2.75, 3.05) is 7.11 Å². The Balaban J connectivity index is 2.00. The Morgan fingerprint density at radius 3 is 2.89 bits per heavy atom. The molecule has 6 nitrogen and oxygen atoms in total. The first-order valence-corrected chi connectivity index (χ1v) is 6.13. The van der Waals surface area contributed by atoms with Gasteiger partial charge in [0, 0.05) is 12.2 Å². The van der Waals surface area contributed by atoms with E-state index in [9.17, 15) is 9.59 Å². The first kappa shape index (κ1) is 13.3. The third-order valence-electron chi connectivity index (χ3n) is 3.37. The summed E-state index contributed by atoms with van der Waals surface area (Å²) < 4.78 is 5.07. The van der Waals surface area contributed by atoms with Gasteiger partial charge in [-0.1, -0.05) is 0 Å². The highest BCUT2D eigenvalue weighted by atomic mass is 16.5. The molecule has 1 amide bonds. The predicted octanol–water partition coefficient (Wildman–Crippen LogP) is 1.07. The number of aromatic nitrogens is 1. The average molecular weight is 264 g/mol. The van der Waals surface area contributed by atoms with Gasteiger partial charge in [0.2, 0.25) is 0 Å². The first-order valence-electron chi connectivity index (χ1n) is 6.13. The number of hydrogen-bond donors (Lipinski definition) is 2. The number of carboxylic acids is 1. The highest BCUT2D eigenvalue weighted by Crippen LogP contribution is 2.26. The van der Waals surface area contributed by atoms with Gasteiger partial charge in [-0.25, -0.2) is 0 Å². The van der Waals surface area contributed by atoms with Crippen molar-refractivity contribution in [3.05, 3.63) is 24.0 Å². The van der Waals surface area contributed by atoms with Crippen LogP contribution in [0.25, 0.3) is 0 Å². The van der Waals surface area contributed by atoms with E-state index in [4.69, 9.17) is 9.84 Å². The zero-order valence-corrected chi connectivity index (χ0v) is 10.6. The fourth-order valence-electron chi connectivity index (χ4n) is 2.33. The van der Waals surface area contributed by atoms with E-state index in [0.717, 1.165) is 0 Å². The van der Waals surface area contributed by atoms with Gasteiger partial charge in [0.1, 0.15) is 5.75 Å². The lowest BCUT2D eigenvalue weighted by Gasteiger charge is -2.13. The number of aliphatic carboxylic acids is 1. The Kier molecular flexibility index (Phi) is 3.99. The maximum atomic E-state index is 12.1. The van der Waals surface area contributed by atoms with Gasteiger partial charge in [-0.3, -0.25) is 14.6 Å². The van der Waals surface area contributed by atoms with Gasteiger partial charge in [-0.2, -0.15) is 0 Å². The standard InChI is InChI=1S/C13H16N2O4/c1-19-11-7-14-5-4-10(11)12(16)15-9-3-2-8(6-9)13(17)18/h4-5,7-9H,2-3,6H2,1H3,(H,15,16)(H,17,18)/t8-,9+/m1/s1. The van der Waals surface area contributed by atoms with Crippen LogP contribution in [0.2, 0.25) is 0 Å². The average Bonchev–Trinajstić information content (AvgIpc) is 2.87. The van der Waals surface area contributed by atoms with Crippen molar-refractivity contribution >= 4 is 11.9 Å². The monoisotopic (exact) mass is 264 g/mol. The summed E-state index contributed by atoms with van der Waals surface area (Å²) in [7, 11) is 1.48. The van der Waals surface area contributed by atoms with Gasteiger partial charge >= 0.3 is 5.97 Å². The normalized spacial score (nSPS) is 21.9. The van der Waals surface area contributed by atoms with Gasteiger partial charge in [0.15, 0.2) is 0 Å². The van der Waals surface area contributed by atoms with E-state index in [1.54, 1.807) is 6.07 Å². The Morgan fingerprint density at radius 1 is 1.47 bits per heavy atom. The zero-order chi connectivity index (χ0) is 13.8. The van der Waals surface area contributed by atoms with Crippen LogP contribution in [0.4, 0.5) is 0 Å². The number of pyridine rings is 1. The third-order valence-corrected chi connectivity index (χ3v) is 3.37. The summed E-state index contributed by atoms with van der Waals surface area (Å²) in [5.74, 6) is -0.994. The molecule has 0 spiro atoms. The largest absolute Gasteiger partial charge is 0.494 e. The molecule has 19 heavy (non-hydrogen) atoms. The number of hydrogen-bond acceptors (Lipinski definition) is 4. The molecule has 1 aromatic rings. The van der Waals surface area contributed by atoms with E-state index in [1.807, 2.05) is 0 Å². The maximum Gasteiger partial charge on any atom is 0.306 e. The van der Waals surface area contributed by atoms with E-state index in [0.29, 0.717) is 30.6 Å². The zero-order valence-electron chi connectivity index (χ0n) is 10.6. The first-order chi connectivity index (χ1) is 9.11. The van der Waals surface area contributed by atoms with Crippen LogP contribution in [0, 0.1) is 5.92 Å². The summed E-state index contributed by atoms with van der Waals surface area (Å²) in [6.45, 7) is 0. The summed E-state index contributed by atoms with van der Waals surface area (Å²) in [6, 6.07) is 1.49. The fourth-order valence-corrected chi connectivity index (χ4v) is 2.33. The molecule has 2 N–H and O–H groups in total. The van der Waals surface area contributed by atoms with Crippen molar-refractivity contribution in [3.8, 4) is 5.75 Å². The van der Waals surface area contributed by atoms with E-state index < -0.39 is 5.97 Å². The molecule has 1 aromatic heterocycles. The molecule has 1 fully saturated rings. The summed E-state index contributed by atoms with van der Waals surface area (Å²) >= 11 is 0. The van der Waals surface area contributed by atoms with Crippen molar-refractivity contribution in [1.29, 1.82) is 0 Å². The third kappa shape index (κ3) is 3.01. The summed E-state index contributed by atoms with van der Waals surface area (Å²) in [5.41, 5.74) is 0.413. The van der Waals surface area contributed by atoms with Crippen LogP contribution in [-0.4, -0.2) is 35.1 Å². The van der Waals surface area contributed by atoms with E-state index >= 15 is 0 Å². The van der Waals surface area contributed by atoms with Crippen LogP contribution < -0.4 is 10.1 Å². The minimum absolute atomic E-state index is 0.0912. The van der Waals surface area contributed by atoms with Crippen LogP contribution in [-0.2, 0) is 4.79 Å². The number of nitrogens with zero attached hydrogens (tertiary/aromatic N) is 1. The number of rotatable bonds is 4. The molecule has 0 bridgehead atoms. The Hall–Kier alpha value is -2.11.